The van der Waals surface area contributed by atoms with Crippen LogP contribution >= 0.6 is 0 Å². The fraction of sp³-hybridized carbons (Fsp3) is 0.424. The van der Waals surface area contributed by atoms with Crippen LogP contribution in [0.1, 0.15) is 57.0 Å². The second kappa shape index (κ2) is 12.4. The smallest absolute Gasteiger partial charge is 0.410 e. The van der Waals surface area contributed by atoms with E-state index in [1.54, 1.807) is 19.1 Å². The predicted molar refractivity (Wildman–Crippen MR) is 170 cm³/mol. The van der Waals surface area contributed by atoms with Crippen LogP contribution < -0.4 is 14.4 Å². The molecule has 0 saturated carbocycles. The van der Waals surface area contributed by atoms with Crippen LogP contribution in [0.4, 0.5) is 10.7 Å². The first-order valence-corrected chi connectivity index (χ1v) is 15.1. The van der Waals surface area contributed by atoms with Crippen molar-refractivity contribution >= 4 is 28.6 Å². The highest BCUT2D eigenvalue weighted by Gasteiger charge is 2.31. The summed E-state index contributed by atoms with van der Waals surface area (Å²) in [5, 5.41) is 10.0. The number of nitrogens with zero attached hydrogens (tertiary/aromatic N) is 6. The number of nitrogens with one attached hydrogen (secondary N) is 1. The highest BCUT2D eigenvalue weighted by molar-refractivity contribution is 5.86. The van der Waals surface area contributed by atoms with Crippen LogP contribution in [0.3, 0.4) is 0 Å². The van der Waals surface area contributed by atoms with E-state index in [9.17, 15) is 4.79 Å². The normalized spacial score (nSPS) is 16.8. The maximum Gasteiger partial charge on any atom is 0.410 e. The molecule has 1 atom stereocenters. The van der Waals surface area contributed by atoms with Crippen LogP contribution in [0.25, 0.3) is 27.9 Å². The molecule has 0 aliphatic carbocycles. The van der Waals surface area contributed by atoms with Crippen LogP contribution in [-0.2, 0) is 15.9 Å². The van der Waals surface area contributed by atoms with Gasteiger partial charge < -0.3 is 33.7 Å². The molecule has 0 spiro atoms. The summed E-state index contributed by atoms with van der Waals surface area (Å²) in [6.45, 7) is 9.63. The standard InChI is InChI=1S/C33H39N7O5/c1-20-28-23-17-26(22-9-7-8-10-27(22)44-19-42-5)37-38-29(23)35-25(28)13-16-40(20)31-34-18-24(30(36-31)43-6)21-11-14-39(15-12-21)32(41)45-33(2,3)4/h7-11,17-18,20H,12-16,19H2,1-6H3,(H,35,38)/t20-/m0/s1. The first-order chi connectivity index (χ1) is 21.7. The van der Waals surface area contributed by atoms with E-state index < -0.39 is 5.60 Å². The monoisotopic (exact) mass is 613 g/mol. The predicted octanol–water partition coefficient (Wildman–Crippen LogP) is 5.55. The first-order valence-electron chi connectivity index (χ1n) is 15.1. The molecule has 1 amide bonds. The molecular formula is C33H39N7O5. The van der Waals surface area contributed by atoms with Gasteiger partial charge in [-0.25, -0.2) is 9.78 Å². The van der Waals surface area contributed by atoms with Crippen LogP contribution in [-0.4, -0.2) is 82.4 Å². The third kappa shape index (κ3) is 6.15. The van der Waals surface area contributed by atoms with Gasteiger partial charge >= 0.3 is 6.09 Å². The van der Waals surface area contributed by atoms with E-state index in [1.165, 1.54) is 0 Å². The first kappa shape index (κ1) is 30.3. The topological polar surface area (TPSA) is 128 Å². The highest BCUT2D eigenvalue weighted by atomic mass is 16.7. The molecule has 236 valence electrons. The van der Waals surface area contributed by atoms with Crippen LogP contribution in [0.2, 0.25) is 0 Å². The zero-order valence-corrected chi connectivity index (χ0v) is 26.6. The number of rotatable bonds is 7. The number of anilines is 1. The van der Waals surface area contributed by atoms with Gasteiger partial charge in [-0.1, -0.05) is 18.2 Å². The Morgan fingerprint density at radius 1 is 1.09 bits per heavy atom. The van der Waals surface area contributed by atoms with Gasteiger partial charge in [0.05, 0.1) is 24.4 Å². The molecule has 0 bridgehead atoms. The number of carbonyl (C=O) groups excluding carboxylic acids is 1. The molecule has 4 aromatic rings. The summed E-state index contributed by atoms with van der Waals surface area (Å²) < 4.78 is 22.2. The van der Waals surface area contributed by atoms with Gasteiger partial charge in [-0.05, 0) is 57.9 Å². The molecule has 5 heterocycles. The van der Waals surface area contributed by atoms with Crippen LogP contribution in [0, 0.1) is 0 Å². The summed E-state index contributed by atoms with van der Waals surface area (Å²) in [5.74, 6) is 1.78. The number of amides is 1. The van der Waals surface area contributed by atoms with Crippen molar-refractivity contribution in [3.63, 3.8) is 0 Å². The summed E-state index contributed by atoms with van der Waals surface area (Å²) >= 11 is 0. The fourth-order valence-electron chi connectivity index (χ4n) is 5.93. The number of fused-ring (bicyclic) bond motifs is 3. The van der Waals surface area contributed by atoms with E-state index in [0.29, 0.717) is 42.8 Å². The lowest BCUT2D eigenvalue weighted by atomic mass is 9.97. The number of H-pyrrole nitrogens is 1. The van der Waals surface area contributed by atoms with Crippen LogP contribution in [0.15, 0.2) is 42.6 Å². The molecule has 2 aliphatic heterocycles. The molecule has 0 unspecified atom stereocenters. The number of carbonyl (C=O) groups is 1. The van der Waals surface area contributed by atoms with E-state index in [1.807, 2.05) is 57.3 Å². The lowest BCUT2D eigenvalue weighted by Crippen LogP contribution is -2.39. The Kier molecular flexibility index (Phi) is 8.32. The van der Waals surface area contributed by atoms with Crippen molar-refractivity contribution in [2.24, 2.45) is 0 Å². The number of benzene rings is 1. The van der Waals surface area contributed by atoms with Gasteiger partial charge in [-0.15, -0.1) is 10.2 Å². The number of aromatic nitrogens is 5. The lowest BCUT2D eigenvalue weighted by molar-refractivity contribution is 0.0270. The Hall–Kier alpha value is -4.71. The summed E-state index contributed by atoms with van der Waals surface area (Å²) in [6, 6.07) is 9.76. The van der Waals surface area contributed by atoms with E-state index in [2.05, 4.69) is 33.1 Å². The van der Waals surface area contributed by atoms with Crippen LogP contribution in [0.5, 0.6) is 11.6 Å². The highest BCUT2D eigenvalue weighted by Crippen LogP contribution is 2.39. The van der Waals surface area contributed by atoms with Crippen molar-refractivity contribution < 1.29 is 23.7 Å². The van der Waals surface area contributed by atoms with E-state index in [4.69, 9.17) is 28.9 Å². The van der Waals surface area contributed by atoms with Gasteiger partial charge in [-0.2, -0.15) is 4.98 Å². The van der Waals surface area contributed by atoms with Crippen molar-refractivity contribution in [3.05, 3.63) is 59.4 Å². The zero-order valence-electron chi connectivity index (χ0n) is 26.6. The van der Waals surface area contributed by atoms with E-state index in [-0.39, 0.29) is 18.9 Å². The molecule has 0 saturated heterocycles. The van der Waals surface area contributed by atoms with Gasteiger partial charge in [0.1, 0.15) is 11.4 Å². The second-order valence-corrected chi connectivity index (χ2v) is 12.2. The average Bonchev–Trinajstić information content (AvgIpc) is 3.42. The van der Waals surface area contributed by atoms with Crippen molar-refractivity contribution in [2.45, 2.75) is 52.2 Å². The second-order valence-electron chi connectivity index (χ2n) is 12.2. The van der Waals surface area contributed by atoms with Gasteiger partial charge in [0, 0.05) is 61.6 Å². The molecule has 12 heteroatoms. The minimum absolute atomic E-state index is 0.0358. The molecule has 0 fully saturated rings. The molecule has 45 heavy (non-hydrogen) atoms. The van der Waals surface area contributed by atoms with Crippen molar-refractivity contribution in [1.82, 2.24) is 30.0 Å². The number of para-hydroxylation sites is 1. The summed E-state index contributed by atoms with van der Waals surface area (Å²) in [6.07, 6.45) is 4.97. The Bertz CT molecular complexity index is 1750. The Morgan fingerprint density at radius 2 is 1.91 bits per heavy atom. The van der Waals surface area contributed by atoms with Gasteiger partial charge in [0.25, 0.3) is 0 Å². The summed E-state index contributed by atoms with van der Waals surface area (Å²) in [4.78, 5) is 29.6. The maximum atomic E-state index is 12.5. The van der Waals surface area contributed by atoms with Gasteiger partial charge in [-0.3, -0.25) is 0 Å². The van der Waals surface area contributed by atoms with E-state index in [0.717, 1.165) is 52.0 Å². The molecular weight excluding hydrogens is 574 g/mol. The molecule has 3 aromatic heterocycles. The Balaban J connectivity index is 1.26. The number of methoxy groups -OCH3 is 2. The molecule has 0 radical (unpaired) electrons. The maximum absolute atomic E-state index is 12.5. The molecule has 12 nitrogen and oxygen atoms in total. The SMILES string of the molecule is COCOc1ccccc1-c1cc2c3c([nH]c2nn1)CCN(c1ncc(C2=CCN(C(=O)OC(C)(C)C)CC2)c(OC)n1)[C@H]3C. The molecule has 6 rings (SSSR count). The number of aromatic amines is 1. The molecule has 1 aromatic carbocycles. The third-order valence-corrected chi connectivity index (χ3v) is 8.06. The third-order valence-electron chi connectivity index (χ3n) is 8.06. The largest absolute Gasteiger partial charge is 0.480 e. The van der Waals surface area contributed by atoms with Gasteiger partial charge in [0.2, 0.25) is 11.8 Å². The zero-order chi connectivity index (χ0) is 31.7. The minimum atomic E-state index is -0.535. The Labute approximate surface area is 262 Å². The Morgan fingerprint density at radius 3 is 2.64 bits per heavy atom. The molecule has 1 N–H and O–H groups in total. The minimum Gasteiger partial charge on any atom is -0.480 e. The average molecular weight is 614 g/mol. The van der Waals surface area contributed by atoms with E-state index >= 15 is 0 Å². The number of ether oxygens (including phenoxy) is 4. The van der Waals surface area contributed by atoms with Crippen molar-refractivity contribution in [1.29, 1.82) is 0 Å². The summed E-state index contributed by atoms with van der Waals surface area (Å²) in [5.41, 5.74) is 5.92. The lowest BCUT2D eigenvalue weighted by Gasteiger charge is -2.34. The number of hydrogen-bond donors (Lipinski definition) is 1. The van der Waals surface area contributed by atoms with Gasteiger partial charge in [0.15, 0.2) is 12.4 Å². The molecule has 2 aliphatic rings. The number of hydrogen-bond acceptors (Lipinski definition) is 10. The van der Waals surface area contributed by atoms with Crippen molar-refractivity contribution in [2.75, 3.05) is 45.5 Å². The summed E-state index contributed by atoms with van der Waals surface area (Å²) in [7, 11) is 3.22. The van der Waals surface area contributed by atoms with Crippen molar-refractivity contribution in [3.8, 4) is 22.9 Å². The quantitative estimate of drug-likeness (QED) is 0.265. The fourth-order valence-corrected chi connectivity index (χ4v) is 5.93.